The summed E-state index contributed by atoms with van der Waals surface area (Å²) in [4.78, 5) is 50.9. The first-order valence-corrected chi connectivity index (χ1v) is 15.4. The number of fused-ring (bicyclic) bond motifs is 1. The normalized spacial score (nSPS) is 20.9. The van der Waals surface area contributed by atoms with Gasteiger partial charge >= 0.3 is 6.09 Å². The van der Waals surface area contributed by atoms with Gasteiger partial charge in [-0.25, -0.2) is 9.78 Å². The fourth-order valence-electron chi connectivity index (χ4n) is 6.65. The highest BCUT2D eigenvalue weighted by atomic mass is 16.5. The molecule has 44 heavy (non-hydrogen) atoms. The van der Waals surface area contributed by atoms with Gasteiger partial charge in [-0.05, 0) is 42.5 Å². The first-order valence-electron chi connectivity index (χ1n) is 15.4. The highest BCUT2D eigenvalue weighted by Crippen LogP contribution is 2.39. The van der Waals surface area contributed by atoms with Gasteiger partial charge in [-0.3, -0.25) is 14.0 Å². The average molecular weight is 606 g/mol. The number of nitrogens with zero attached hydrogens (tertiary/aromatic N) is 5. The lowest BCUT2D eigenvalue weighted by atomic mass is 9.72. The van der Waals surface area contributed by atoms with Crippen LogP contribution < -0.4 is 4.74 Å². The van der Waals surface area contributed by atoms with Crippen molar-refractivity contribution < 1.29 is 29.0 Å². The summed E-state index contributed by atoms with van der Waals surface area (Å²) in [7, 11) is 0. The summed E-state index contributed by atoms with van der Waals surface area (Å²) in [5.74, 6) is -0.330. The van der Waals surface area contributed by atoms with Gasteiger partial charge in [0.15, 0.2) is 5.69 Å². The Morgan fingerprint density at radius 2 is 1.77 bits per heavy atom. The van der Waals surface area contributed by atoms with Crippen molar-refractivity contribution in [1.29, 1.82) is 0 Å². The first-order chi connectivity index (χ1) is 21.1. The Morgan fingerprint density at radius 3 is 2.43 bits per heavy atom. The van der Waals surface area contributed by atoms with E-state index in [9.17, 15) is 19.5 Å². The van der Waals surface area contributed by atoms with Gasteiger partial charge in [-0.15, -0.1) is 0 Å². The SMILES string of the molecule is CCCN(C(=O)c1nc2ccccn2c1COc1ccccc1)[C@H]1C[C@@H](C(=O)N2CCOCC2)C(C(C)(C)C)N(C(=O)O)C1. The van der Waals surface area contributed by atoms with Gasteiger partial charge in [0.05, 0.1) is 36.9 Å². The van der Waals surface area contributed by atoms with Crippen LogP contribution in [0, 0.1) is 11.3 Å². The Labute approximate surface area is 258 Å². The predicted octanol–water partition coefficient (Wildman–Crippen LogP) is 4.41. The molecule has 236 valence electrons. The molecule has 2 saturated heterocycles. The maximum absolute atomic E-state index is 14.5. The molecule has 11 nitrogen and oxygen atoms in total. The summed E-state index contributed by atoms with van der Waals surface area (Å²) in [5, 5.41) is 10.4. The molecule has 5 rings (SSSR count). The number of amides is 3. The molecule has 0 saturated carbocycles. The summed E-state index contributed by atoms with van der Waals surface area (Å²) >= 11 is 0. The maximum atomic E-state index is 14.5. The van der Waals surface area contributed by atoms with Crippen LogP contribution in [0.2, 0.25) is 0 Å². The summed E-state index contributed by atoms with van der Waals surface area (Å²) in [6.07, 6.45) is 1.77. The number of benzene rings is 1. The molecule has 1 unspecified atom stereocenters. The Bertz CT molecular complexity index is 1460. The van der Waals surface area contributed by atoms with Crippen LogP contribution in [0.1, 0.15) is 56.7 Å². The number of hydrogen-bond acceptors (Lipinski definition) is 6. The molecule has 3 amide bonds. The zero-order valence-electron chi connectivity index (χ0n) is 26.0. The third-order valence-corrected chi connectivity index (χ3v) is 8.54. The van der Waals surface area contributed by atoms with E-state index in [1.165, 1.54) is 4.90 Å². The van der Waals surface area contributed by atoms with Crippen LogP contribution in [-0.4, -0.2) is 98.6 Å². The topological polar surface area (TPSA) is 117 Å². The van der Waals surface area contributed by atoms with Crippen molar-refractivity contribution in [2.24, 2.45) is 11.3 Å². The van der Waals surface area contributed by atoms with Crippen molar-refractivity contribution in [2.75, 3.05) is 39.4 Å². The minimum atomic E-state index is -1.09. The van der Waals surface area contributed by atoms with Gasteiger partial charge in [0.25, 0.3) is 5.91 Å². The molecule has 3 atom stereocenters. The number of carboxylic acid groups (broad SMARTS) is 1. The standard InChI is InChI=1S/C33H43N5O6/c1-5-14-36(31(40)28-26(22-44-24-11-7-6-8-12-24)37-15-10-9-13-27(37)34-28)23-20-25(30(39)35-16-18-43-19-17-35)29(33(2,3)4)38(21-23)32(41)42/h6-13,15,23,25,29H,5,14,16-22H2,1-4H3,(H,41,42)/t23-,25+,29?/m0/s1. The predicted molar refractivity (Wildman–Crippen MR) is 165 cm³/mol. The number of morpholine rings is 1. The molecule has 2 aliphatic heterocycles. The number of imidazole rings is 1. The smallest absolute Gasteiger partial charge is 0.407 e. The van der Waals surface area contributed by atoms with Crippen molar-refractivity contribution in [2.45, 2.75) is 59.2 Å². The second-order valence-electron chi connectivity index (χ2n) is 12.6. The molecule has 3 aromatic rings. The van der Waals surface area contributed by atoms with Crippen LogP contribution >= 0.6 is 0 Å². The summed E-state index contributed by atoms with van der Waals surface area (Å²) in [6.45, 7) is 10.3. The monoisotopic (exact) mass is 605 g/mol. The number of likely N-dealkylation sites (tertiary alicyclic amines) is 1. The zero-order chi connectivity index (χ0) is 31.4. The Balaban J connectivity index is 1.51. The highest BCUT2D eigenvalue weighted by molar-refractivity contribution is 5.95. The average Bonchev–Trinajstić information content (AvgIpc) is 3.40. The number of carbonyl (C=O) groups is 3. The lowest BCUT2D eigenvalue weighted by Crippen LogP contribution is -2.64. The van der Waals surface area contributed by atoms with Gasteiger partial charge < -0.3 is 29.3 Å². The summed E-state index contributed by atoms with van der Waals surface area (Å²) in [5.41, 5.74) is 0.980. The highest BCUT2D eigenvalue weighted by Gasteiger charge is 2.50. The minimum absolute atomic E-state index is 0.0854. The number of rotatable bonds is 8. The van der Waals surface area contributed by atoms with Gasteiger partial charge in [-0.2, -0.15) is 0 Å². The van der Waals surface area contributed by atoms with Crippen molar-refractivity contribution in [3.05, 3.63) is 66.1 Å². The lowest BCUT2D eigenvalue weighted by molar-refractivity contribution is -0.147. The largest absolute Gasteiger partial charge is 0.487 e. The van der Waals surface area contributed by atoms with Crippen molar-refractivity contribution in [3.63, 3.8) is 0 Å². The quantitative estimate of drug-likeness (QED) is 0.404. The fraction of sp³-hybridized carbons (Fsp3) is 0.515. The van der Waals surface area contributed by atoms with Crippen LogP contribution in [-0.2, 0) is 16.1 Å². The van der Waals surface area contributed by atoms with Crippen molar-refractivity contribution in [3.8, 4) is 5.75 Å². The van der Waals surface area contributed by atoms with E-state index in [1.807, 2.05) is 86.8 Å². The van der Waals surface area contributed by atoms with Gasteiger partial charge in [-0.1, -0.05) is 52.0 Å². The second-order valence-corrected chi connectivity index (χ2v) is 12.6. The Kier molecular flexibility index (Phi) is 9.43. The fourth-order valence-corrected chi connectivity index (χ4v) is 6.65. The number of carbonyl (C=O) groups excluding carboxylic acids is 2. The number of hydrogen-bond donors (Lipinski definition) is 1. The Morgan fingerprint density at radius 1 is 1.07 bits per heavy atom. The van der Waals surface area contributed by atoms with E-state index in [-0.39, 0.29) is 30.7 Å². The minimum Gasteiger partial charge on any atom is -0.487 e. The van der Waals surface area contributed by atoms with Crippen LogP contribution in [0.5, 0.6) is 5.75 Å². The Hall–Kier alpha value is -4.12. The van der Waals surface area contributed by atoms with E-state index in [2.05, 4.69) is 0 Å². The maximum Gasteiger partial charge on any atom is 0.407 e. The van der Waals surface area contributed by atoms with Gasteiger partial charge in [0.1, 0.15) is 18.0 Å². The third kappa shape index (κ3) is 6.52. The zero-order valence-corrected chi connectivity index (χ0v) is 26.0. The summed E-state index contributed by atoms with van der Waals surface area (Å²) < 4.78 is 13.4. The van der Waals surface area contributed by atoms with Gasteiger partial charge in [0.2, 0.25) is 5.91 Å². The molecular formula is C33H43N5O6. The molecule has 11 heteroatoms. The number of piperidine rings is 1. The molecule has 2 fully saturated rings. The van der Waals surface area contributed by atoms with E-state index in [0.717, 1.165) is 0 Å². The number of ether oxygens (including phenoxy) is 2. The molecule has 1 N–H and O–H groups in total. The van der Waals surface area contributed by atoms with Crippen LogP contribution in [0.15, 0.2) is 54.7 Å². The molecule has 4 heterocycles. The number of pyridine rings is 1. The molecule has 1 aromatic carbocycles. The van der Waals surface area contributed by atoms with Crippen LogP contribution in [0.4, 0.5) is 4.79 Å². The van der Waals surface area contributed by atoms with Crippen LogP contribution in [0.25, 0.3) is 5.65 Å². The molecule has 0 aliphatic carbocycles. The van der Waals surface area contributed by atoms with Gasteiger partial charge in [0, 0.05) is 32.4 Å². The second kappa shape index (κ2) is 13.3. The van der Waals surface area contributed by atoms with E-state index >= 15 is 0 Å². The molecule has 2 aliphatic rings. The molecule has 2 aromatic heterocycles. The summed E-state index contributed by atoms with van der Waals surface area (Å²) in [6, 6.07) is 13.9. The molecule has 0 spiro atoms. The van der Waals surface area contributed by atoms with Crippen molar-refractivity contribution in [1.82, 2.24) is 24.1 Å². The van der Waals surface area contributed by atoms with E-state index in [0.29, 0.717) is 62.8 Å². The van der Waals surface area contributed by atoms with Crippen LogP contribution in [0.3, 0.4) is 0 Å². The lowest BCUT2D eigenvalue weighted by Gasteiger charge is -2.51. The first kappa shape index (κ1) is 31.3. The van der Waals surface area contributed by atoms with Crippen molar-refractivity contribution >= 4 is 23.6 Å². The van der Waals surface area contributed by atoms with E-state index in [1.54, 1.807) is 9.80 Å². The number of para-hydroxylation sites is 1. The molecular weight excluding hydrogens is 562 g/mol. The van der Waals surface area contributed by atoms with E-state index < -0.39 is 29.5 Å². The molecule has 0 radical (unpaired) electrons. The third-order valence-electron chi connectivity index (χ3n) is 8.54. The molecule has 0 bridgehead atoms. The van der Waals surface area contributed by atoms with E-state index in [4.69, 9.17) is 14.5 Å². The number of aromatic nitrogens is 2.